The van der Waals surface area contributed by atoms with Crippen LogP contribution in [0.25, 0.3) is 11.0 Å². The zero-order chi connectivity index (χ0) is 14.8. The number of H-pyrrole nitrogens is 1. The van der Waals surface area contributed by atoms with E-state index in [2.05, 4.69) is 15.3 Å². The number of fused-ring (bicyclic) bond motifs is 1. The first kappa shape index (κ1) is 22.2. The van der Waals surface area contributed by atoms with Crippen molar-refractivity contribution in [2.24, 2.45) is 5.73 Å². The summed E-state index contributed by atoms with van der Waals surface area (Å²) in [4.78, 5) is 19.5. The summed E-state index contributed by atoms with van der Waals surface area (Å²) in [6.07, 6.45) is 3.46. The Kier molecular flexibility index (Phi) is 8.78. The van der Waals surface area contributed by atoms with Gasteiger partial charge in [-0.2, -0.15) is 0 Å². The van der Waals surface area contributed by atoms with Crippen molar-refractivity contribution in [2.45, 2.75) is 13.0 Å². The van der Waals surface area contributed by atoms with Crippen molar-refractivity contribution >= 4 is 59.8 Å². The first-order valence-electron chi connectivity index (χ1n) is 6.74. The van der Waals surface area contributed by atoms with Crippen LogP contribution in [0.1, 0.15) is 28.9 Å². The van der Waals surface area contributed by atoms with Crippen molar-refractivity contribution in [3.8, 4) is 0 Å². The molecule has 2 aromatic heterocycles. The van der Waals surface area contributed by atoms with Gasteiger partial charge in [0.05, 0.1) is 5.69 Å². The van der Waals surface area contributed by atoms with Crippen LogP contribution in [0.2, 0.25) is 0 Å². The molecule has 3 aromatic rings. The van der Waals surface area contributed by atoms with Crippen LogP contribution in [0.5, 0.6) is 0 Å². The van der Waals surface area contributed by atoms with Gasteiger partial charge in [0.2, 0.25) is 0 Å². The quantitative estimate of drug-likeness (QED) is 0.630. The lowest BCUT2D eigenvalue weighted by Crippen LogP contribution is -2.12. The SMILES string of the molecule is C[C@@H](N)c1ccc(C(=O)Nc2ccnc3[nH]ccc23)cc1.Cl.Cl.Cl. The second-order valence-electron chi connectivity index (χ2n) is 4.96. The summed E-state index contributed by atoms with van der Waals surface area (Å²) in [5, 5.41) is 3.79. The number of amides is 1. The number of halogens is 3. The zero-order valence-electron chi connectivity index (χ0n) is 12.9. The molecule has 3 rings (SSSR count). The Morgan fingerprint density at radius 3 is 2.42 bits per heavy atom. The maximum Gasteiger partial charge on any atom is 0.255 e. The number of carbonyl (C=O) groups excluding carboxylic acids is 1. The predicted octanol–water partition coefficient (Wildman–Crippen LogP) is 4.10. The van der Waals surface area contributed by atoms with Gasteiger partial charge in [0, 0.05) is 29.4 Å². The average Bonchev–Trinajstić information content (AvgIpc) is 2.97. The molecule has 8 heteroatoms. The Bertz CT molecular complexity index is 787. The Balaban J connectivity index is 0.00000176. The number of benzene rings is 1. The summed E-state index contributed by atoms with van der Waals surface area (Å²) in [6.45, 7) is 1.91. The summed E-state index contributed by atoms with van der Waals surface area (Å²) in [7, 11) is 0. The Morgan fingerprint density at radius 1 is 1.12 bits per heavy atom. The van der Waals surface area contributed by atoms with E-state index >= 15 is 0 Å². The molecular formula is C16H19Cl3N4O. The van der Waals surface area contributed by atoms with Crippen LogP contribution in [0, 0.1) is 0 Å². The van der Waals surface area contributed by atoms with Gasteiger partial charge in [0.1, 0.15) is 5.65 Å². The van der Waals surface area contributed by atoms with Crippen LogP contribution < -0.4 is 11.1 Å². The molecule has 0 aliphatic carbocycles. The molecule has 4 N–H and O–H groups in total. The van der Waals surface area contributed by atoms with Gasteiger partial charge in [0.15, 0.2) is 0 Å². The van der Waals surface area contributed by atoms with Crippen LogP contribution in [0.15, 0.2) is 48.8 Å². The molecular weight excluding hydrogens is 371 g/mol. The fourth-order valence-corrected chi connectivity index (χ4v) is 2.20. The molecule has 5 nitrogen and oxygen atoms in total. The fourth-order valence-electron chi connectivity index (χ4n) is 2.20. The Morgan fingerprint density at radius 2 is 1.79 bits per heavy atom. The lowest BCUT2D eigenvalue weighted by molar-refractivity contribution is 0.102. The predicted molar refractivity (Wildman–Crippen MR) is 105 cm³/mol. The highest BCUT2D eigenvalue weighted by molar-refractivity contribution is 6.08. The van der Waals surface area contributed by atoms with E-state index in [1.165, 1.54) is 0 Å². The van der Waals surface area contributed by atoms with Crippen molar-refractivity contribution in [1.82, 2.24) is 9.97 Å². The summed E-state index contributed by atoms with van der Waals surface area (Å²) < 4.78 is 0. The average molecular weight is 390 g/mol. The number of aromatic nitrogens is 2. The summed E-state index contributed by atoms with van der Waals surface area (Å²) in [6, 6.07) is 10.9. The van der Waals surface area contributed by atoms with Crippen LogP contribution >= 0.6 is 37.2 Å². The van der Waals surface area contributed by atoms with E-state index in [9.17, 15) is 4.79 Å². The molecule has 0 radical (unpaired) electrons. The molecule has 0 spiro atoms. The van der Waals surface area contributed by atoms with Gasteiger partial charge in [-0.05, 0) is 36.8 Å². The minimum absolute atomic E-state index is 0. The lowest BCUT2D eigenvalue weighted by atomic mass is 10.1. The molecule has 1 atom stereocenters. The molecule has 24 heavy (non-hydrogen) atoms. The number of rotatable bonds is 3. The Labute approximate surface area is 158 Å². The Hall–Kier alpha value is -1.79. The molecule has 0 fully saturated rings. The molecule has 130 valence electrons. The summed E-state index contributed by atoms with van der Waals surface area (Å²) >= 11 is 0. The molecule has 0 bridgehead atoms. The van der Waals surface area contributed by atoms with Crippen molar-refractivity contribution in [3.05, 3.63) is 59.9 Å². The summed E-state index contributed by atoms with van der Waals surface area (Å²) in [5.41, 5.74) is 8.89. The minimum Gasteiger partial charge on any atom is -0.346 e. The second-order valence-corrected chi connectivity index (χ2v) is 4.96. The molecule has 2 heterocycles. The molecule has 0 aliphatic rings. The highest BCUT2D eigenvalue weighted by atomic mass is 35.5. The molecule has 0 aliphatic heterocycles. The number of carbonyl (C=O) groups is 1. The zero-order valence-corrected chi connectivity index (χ0v) is 15.3. The largest absolute Gasteiger partial charge is 0.346 e. The third-order valence-corrected chi connectivity index (χ3v) is 3.41. The standard InChI is InChI=1S/C16H16N4O.3ClH/c1-10(17)11-2-4-12(5-3-11)16(21)20-14-7-9-19-15-13(14)6-8-18-15;;;/h2-10H,17H2,1H3,(H2,18,19,20,21);3*1H/t10-;;;/m1.../s1. The van der Waals surface area contributed by atoms with E-state index in [-0.39, 0.29) is 49.2 Å². The van der Waals surface area contributed by atoms with Crippen molar-refractivity contribution in [1.29, 1.82) is 0 Å². The number of nitrogens with two attached hydrogens (primary N) is 1. The van der Waals surface area contributed by atoms with E-state index in [0.717, 1.165) is 22.3 Å². The third kappa shape index (κ3) is 4.61. The molecule has 0 saturated heterocycles. The van der Waals surface area contributed by atoms with Crippen molar-refractivity contribution in [2.75, 3.05) is 5.32 Å². The normalized spacial score (nSPS) is 10.8. The third-order valence-electron chi connectivity index (χ3n) is 3.41. The van der Waals surface area contributed by atoms with Gasteiger partial charge >= 0.3 is 0 Å². The first-order chi connectivity index (χ1) is 10.1. The maximum atomic E-state index is 12.3. The highest BCUT2D eigenvalue weighted by Crippen LogP contribution is 2.21. The smallest absolute Gasteiger partial charge is 0.255 e. The number of nitrogens with one attached hydrogen (secondary N) is 2. The fraction of sp³-hybridized carbons (Fsp3) is 0.125. The van der Waals surface area contributed by atoms with Crippen molar-refractivity contribution < 1.29 is 4.79 Å². The molecule has 0 saturated carbocycles. The number of hydrogen-bond acceptors (Lipinski definition) is 3. The van der Waals surface area contributed by atoms with E-state index in [0.29, 0.717) is 5.56 Å². The molecule has 0 unspecified atom stereocenters. The maximum absolute atomic E-state index is 12.3. The monoisotopic (exact) mass is 388 g/mol. The van der Waals surface area contributed by atoms with E-state index in [1.807, 2.05) is 25.1 Å². The van der Waals surface area contributed by atoms with Gasteiger partial charge in [0.25, 0.3) is 5.91 Å². The van der Waals surface area contributed by atoms with Gasteiger partial charge in [-0.15, -0.1) is 37.2 Å². The van der Waals surface area contributed by atoms with Gasteiger partial charge in [-0.3, -0.25) is 4.79 Å². The van der Waals surface area contributed by atoms with Gasteiger partial charge in [-0.1, -0.05) is 12.1 Å². The lowest BCUT2D eigenvalue weighted by Gasteiger charge is -2.08. The van der Waals surface area contributed by atoms with E-state index in [4.69, 9.17) is 5.73 Å². The van der Waals surface area contributed by atoms with Crippen LogP contribution in [-0.4, -0.2) is 15.9 Å². The van der Waals surface area contributed by atoms with Gasteiger partial charge < -0.3 is 16.0 Å². The van der Waals surface area contributed by atoms with E-state index in [1.54, 1.807) is 30.6 Å². The van der Waals surface area contributed by atoms with Crippen LogP contribution in [-0.2, 0) is 0 Å². The van der Waals surface area contributed by atoms with Crippen molar-refractivity contribution in [3.63, 3.8) is 0 Å². The van der Waals surface area contributed by atoms with Crippen LogP contribution in [0.3, 0.4) is 0 Å². The topological polar surface area (TPSA) is 83.8 Å². The van der Waals surface area contributed by atoms with E-state index < -0.39 is 0 Å². The number of nitrogens with zero attached hydrogens (tertiary/aromatic N) is 1. The number of hydrogen-bond donors (Lipinski definition) is 3. The minimum atomic E-state index is -0.153. The van der Waals surface area contributed by atoms with Crippen LogP contribution in [0.4, 0.5) is 5.69 Å². The second kappa shape index (κ2) is 9.49. The number of anilines is 1. The summed E-state index contributed by atoms with van der Waals surface area (Å²) in [5.74, 6) is -0.153. The molecule has 1 amide bonds. The number of aromatic amines is 1. The van der Waals surface area contributed by atoms with Gasteiger partial charge in [-0.25, -0.2) is 4.98 Å². The molecule has 1 aromatic carbocycles. The first-order valence-corrected chi connectivity index (χ1v) is 6.74. The number of pyridine rings is 1. The highest BCUT2D eigenvalue weighted by Gasteiger charge is 2.09.